The Bertz CT molecular complexity index is 2530. The second-order valence-electron chi connectivity index (χ2n) is 11.9. The Labute approximate surface area is 278 Å². The smallest absolute Gasteiger partial charge is 0.160 e. The zero-order chi connectivity index (χ0) is 31.9. The van der Waals surface area contributed by atoms with Gasteiger partial charge in [0.15, 0.2) is 5.82 Å². The summed E-state index contributed by atoms with van der Waals surface area (Å²) in [5.41, 5.74) is 10.7. The Morgan fingerprint density at radius 1 is 0.292 bits per heavy atom. The maximum atomic E-state index is 5.31. The minimum absolute atomic E-state index is 0.695. The Balaban J connectivity index is 1.29. The first-order valence-electron chi connectivity index (χ1n) is 16.1. The van der Waals surface area contributed by atoms with Crippen molar-refractivity contribution in [1.29, 1.82) is 0 Å². The summed E-state index contributed by atoms with van der Waals surface area (Å²) in [7, 11) is 0. The highest BCUT2D eigenvalue weighted by Gasteiger charge is 2.17. The average molecular weight is 613 g/mol. The third-order valence-electron chi connectivity index (χ3n) is 8.87. The molecule has 0 spiro atoms. The number of aromatic nitrogens is 4. The summed E-state index contributed by atoms with van der Waals surface area (Å²) >= 11 is 0. The highest BCUT2D eigenvalue weighted by atomic mass is 14.9. The number of benzene rings is 6. The summed E-state index contributed by atoms with van der Waals surface area (Å²) in [4.78, 5) is 20.5. The summed E-state index contributed by atoms with van der Waals surface area (Å²) in [6.45, 7) is 0. The lowest BCUT2D eigenvalue weighted by molar-refractivity contribution is 1.18. The zero-order valence-electron chi connectivity index (χ0n) is 26.0. The van der Waals surface area contributed by atoms with Gasteiger partial charge in [0.1, 0.15) is 0 Å². The first kappa shape index (κ1) is 27.8. The van der Waals surface area contributed by atoms with Crippen LogP contribution < -0.4 is 0 Å². The molecule has 3 aromatic heterocycles. The van der Waals surface area contributed by atoms with E-state index in [-0.39, 0.29) is 0 Å². The lowest BCUT2D eigenvalue weighted by Gasteiger charge is -2.14. The van der Waals surface area contributed by atoms with Crippen LogP contribution in [0, 0.1) is 0 Å². The molecule has 0 aliphatic heterocycles. The van der Waals surface area contributed by atoms with E-state index in [4.69, 9.17) is 19.9 Å². The van der Waals surface area contributed by atoms with Gasteiger partial charge in [-0.1, -0.05) is 133 Å². The molecule has 4 nitrogen and oxygen atoms in total. The number of pyridine rings is 2. The van der Waals surface area contributed by atoms with E-state index in [9.17, 15) is 0 Å². The van der Waals surface area contributed by atoms with Gasteiger partial charge in [-0.2, -0.15) is 0 Å². The third kappa shape index (κ3) is 4.97. The summed E-state index contributed by atoms with van der Waals surface area (Å²) in [5.74, 6) is 0.695. The lowest BCUT2D eigenvalue weighted by atomic mass is 9.95. The van der Waals surface area contributed by atoms with Gasteiger partial charge in [0.25, 0.3) is 0 Å². The molecule has 0 amide bonds. The van der Waals surface area contributed by atoms with E-state index in [0.29, 0.717) is 5.82 Å². The number of hydrogen-bond donors (Lipinski definition) is 0. The molecule has 0 radical (unpaired) electrons. The molecule has 0 aliphatic rings. The number of hydrogen-bond acceptors (Lipinski definition) is 4. The minimum atomic E-state index is 0.695. The quantitative estimate of drug-likeness (QED) is 0.181. The van der Waals surface area contributed by atoms with E-state index >= 15 is 0 Å². The van der Waals surface area contributed by atoms with Crippen LogP contribution in [0.3, 0.4) is 0 Å². The van der Waals surface area contributed by atoms with Crippen LogP contribution in [0.5, 0.6) is 0 Å². The summed E-state index contributed by atoms with van der Waals surface area (Å²) < 4.78 is 0. The fourth-order valence-corrected chi connectivity index (χ4v) is 6.51. The van der Waals surface area contributed by atoms with Crippen molar-refractivity contribution in [2.24, 2.45) is 0 Å². The molecule has 0 unspecified atom stereocenters. The molecule has 3 heterocycles. The summed E-state index contributed by atoms with van der Waals surface area (Å²) in [6.07, 6.45) is 0. The van der Waals surface area contributed by atoms with E-state index < -0.39 is 0 Å². The van der Waals surface area contributed by atoms with Gasteiger partial charge in [0.05, 0.1) is 33.8 Å². The van der Waals surface area contributed by atoms with Crippen LogP contribution in [0.2, 0.25) is 0 Å². The molecule has 0 saturated heterocycles. The van der Waals surface area contributed by atoms with Gasteiger partial charge in [0, 0.05) is 44.0 Å². The van der Waals surface area contributed by atoms with Gasteiger partial charge in [-0.3, -0.25) is 0 Å². The highest BCUT2D eigenvalue weighted by Crippen LogP contribution is 2.39. The van der Waals surface area contributed by atoms with Crippen molar-refractivity contribution in [2.45, 2.75) is 0 Å². The van der Waals surface area contributed by atoms with Gasteiger partial charge in [-0.05, 0) is 41.8 Å². The van der Waals surface area contributed by atoms with E-state index in [2.05, 4.69) is 109 Å². The maximum absolute atomic E-state index is 5.31. The fourth-order valence-electron chi connectivity index (χ4n) is 6.51. The van der Waals surface area contributed by atoms with Crippen LogP contribution in [-0.2, 0) is 0 Å². The molecule has 224 valence electrons. The van der Waals surface area contributed by atoms with Gasteiger partial charge in [-0.15, -0.1) is 0 Å². The van der Waals surface area contributed by atoms with Crippen molar-refractivity contribution < 1.29 is 0 Å². The normalized spacial score (nSPS) is 11.3. The predicted molar refractivity (Wildman–Crippen MR) is 197 cm³/mol. The minimum Gasteiger partial charge on any atom is -0.248 e. The fraction of sp³-hybridized carbons (Fsp3) is 0. The second-order valence-corrected chi connectivity index (χ2v) is 11.9. The van der Waals surface area contributed by atoms with Crippen molar-refractivity contribution in [2.75, 3.05) is 0 Å². The monoisotopic (exact) mass is 612 g/mol. The van der Waals surface area contributed by atoms with Gasteiger partial charge in [-0.25, -0.2) is 19.9 Å². The van der Waals surface area contributed by atoms with Gasteiger partial charge in [0.2, 0.25) is 0 Å². The largest absolute Gasteiger partial charge is 0.248 e. The van der Waals surface area contributed by atoms with Gasteiger partial charge < -0.3 is 0 Å². The summed E-state index contributed by atoms with van der Waals surface area (Å²) in [6, 6.07) is 58.4. The van der Waals surface area contributed by atoms with Crippen LogP contribution in [0.4, 0.5) is 0 Å². The molecule has 0 fully saturated rings. The predicted octanol–water partition coefficient (Wildman–Crippen LogP) is 11.1. The Morgan fingerprint density at radius 3 is 1.48 bits per heavy atom. The van der Waals surface area contributed by atoms with Crippen molar-refractivity contribution >= 4 is 32.6 Å². The van der Waals surface area contributed by atoms with E-state index in [1.54, 1.807) is 0 Å². The molecule has 9 aromatic rings. The number of rotatable bonds is 5. The molecule has 0 aliphatic carbocycles. The molecule has 0 N–H and O–H groups in total. The highest BCUT2D eigenvalue weighted by molar-refractivity contribution is 6.21. The maximum Gasteiger partial charge on any atom is 0.160 e. The second kappa shape index (κ2) is 11.7. The summed E-state index contributed by atoms with van der Waals surface area (Å²) in [5, 5.41) is 4.36. The van der Waals surface area contributed by atoms with Crippen molar-refractivity contribution in [3.05, 3.63) is 170 Å². The molecule has 4 heteroatoms. The standard InChI is InChI=1S/C44H28N4/c1-5-13-29(14-6-1)37-25-23-35-38(45-37)26-22-34-36-27-33(21-24-39(36)46-43(42(34)35)31-17-9-3-10-18-31)41-28-40(30-15-7-2-8-16-30)47-44(48-41)32-19-11-4-12-20-32/h1-28H. The zero-order valence-corrected chi connectivity index (χ0v) is 26.0. The van der Waals surface area contributed by atoms with Crippen LogP contribution >= 0.6 is 0 Å². The average Bonchev–Trinajstić information content (AvgIpc) is 3.18. The number of nitrogens with zero attached hydrogens (tertiary/aromatic N) is 4. The molecular weight excluding hydrogens is 585 g/mol. The molecule has 9 rings (SSSR count). The first-order valence-corrected chi connectivity index (χ1v) is 16.1. The Morgan fingerprint density at radius 2 is 0.812 bits per heavy atom. The van der Waals surface area contributed by atoms with Crippen LogP contribution in [0.15, 0.2) is 170 Å². The van der Waals surface area contributed by atoms with Crippen LogP contribution in [-0.4, -0.2) is 19.9 Å². The molecular formula is C44H28N4. The molecule has 6 aromatic carbocycles. The van der Waals surface area contributed by atoms with Crippen LogP contribution in [0.25, 0.3) is 89.0 Å². The van der Waals surface area contributed by atoms with E-state index in [1.807, 2.05) is 60.7 Å². The first-order chi connectivity index (χ1) is 23.8. The van der Waals surface area contributed by atoms with E-state index in [1.165, 1.54) is 0 Å². The van der Waals surface area contributed by atoms with Crippen molar-refractivity contribution in [3.8, 4) is 56.4 Å². The van der Waals surface area contributed by atoms with Crippen molar-refractivity contribution in [1.82, 2.24) is 19.9 Å². The molecule has 0 bridgehead atoms. The Hall–Kier alpha value is -6.52. The van der Waals surface area contributed by atoms with Gasteiger partial charge >= 0.3 is 0 Å². The SMILES string of the molecule is c1ccc(-c2cc(-c3ccc4nc(-c5ccccc5)c5c6ccc(-c7ccccc7)nc6ccc5c4c3)nc(-c3ccccc3)n2)cc1. The van der Waals surface area contributed by atoms with Crippen LogP contribution in [0.1, 0.15) is 0 Å². The van der Waals surface area contributed by atoms with E-state index in [0.717, 1.165) is 83.2 Å². The number of fused-ring (bicyclic) bond motifs is 5. The topological polar surface area (TPSA) is 51.6 Å². The molecule has 48 heavy (non-hydrogen) atoms. The van der Waals surface area contributed by atoms with Crippen molar-refractivity contribution in [3.63, 3.8) is 0 Å². The molecule has 0 saturated carbocycles. The molecule has 0 atom stereocenters. The third-order valence-corrected chi connectivity index (χ3v) is 8.87. The Kier molecular flexibility index (Phi) is 6.76. The lowest BCUT2D eigenvalue weighted by Crippen LogP contribution is -1.96.